The van der Waals surface area contributed by atoms with Gasteiger partial charge in [-0.15, -0.1) is 0 Å². The molecular weight excluding hydrogens is 296 g/mol. The number of aliphatic imine (C=N–C) groups is 1. The summed E-state index contributed by atoms with van der Waals surface area (Å²) in [5, 5.41) is 3.22. The van der Waals surface area contributed by atoms with Crippen LogP contribution in [-0.2, 0) is 14.3 Å². The number of hydrogen-bond acceptors (Lipinski definition) is 4. The van der Waals surface area contributed by atoms with Gasteiger partial charge < -0.3 is 24.6 Å². The van der Waals surface area contributed by atoms with Gasteiger partial charge in [0.1, 0.15) is 0 Å². The molecular formula is C16H34N4O3. The number of rotatable bonds is 12. The molecule has 0 rings (SSSR count). The zero-order chi connectivity index (χ0) is 17.5. The van der Waals surface area contributed by atoms with Crippen molar-refractivity contribution in [1.82, 2.24) is 15.1 Å². The molecule has 0 aromatic rings. The molecule has 0 aliphatic rings. The molecule has 23 heavy (non-hydrogen) atoms. The average molecular weight is 330 g/mol. The largest absolute Gasteiger partial charge is 0.382 e. The third-order valence-corrected chi connectivity index (χ3v) is 3.33. The van der Waals surface area contributed by atoms with Crippen LogP contribution in [0.1, 0.15) is 27.2 Å². The van der Waals surface area contributed by atoms with Gasteiger partial charge in [-0.25, -0.2) is 0 Å². The molecule has 0 radical (unpaired) electrons. The molecule has 0 spiro atoms. The zero-order valence-electron chi connectivity index (χ0n) is 15.4. The van der Waals surface area contributed by atoms with Crippen molar-refractivity contribution in [1.29, 1.82) is 0 Å². The zero-order valence-corrected chi connectivity index (χ0v) is 15.4. The molecule has 0 aromatic heterocycles. The summed E-state index contributed by atoms with van der Waals surface area (Å²) >= 11 is 0. The maximum absolute atomic E-state index is 12.2. The first-order valence-corrected chi connectivity index (χ1v) is 8.44. The highest BCUT2D eigenvalue weighted by atomic mass is 16.5. The van der Waals surface area contributed by atoms with Crippen LogP contribution in [0.3, 0.4) is 0 Å². The van der Waals surface area contributed by atoms with Crippen molar-refractivity contribution in [3.05, 3.63) is 0 Å². The van der Waals surface area contributed by atoms with Crippen molar-refractivity contribution in [2.24, 2.45) is 4.99 Å². The van der Waals surface area contributed by atoms with Crippen molar-refractivity contribution in [2.45, 2.75) is 27.2 Å². The lowest BCUT2D eigenvalue weighted by atomic mass is 10.4. The van der Waals surface area contributed by atoms with Crippen LogP contribution < -0.4 is 5.32 Å². The smallest absolute Gasteiger partial charge is 0.242 e. The summed E-state index contributed by atoms with van der Waals surface area (Å²) in [5.74, 6) is 0.871. The highest BCUT2D eigenvalue weighted by Crippen LogP contribution is 1.95. The van der Waals surface area contributed by atoms with Crippen LogP contribution in [0.2, 0.25) is 0 Å². The van der Waals surface area contributed by atoms with Crippen LogP contribution >= 0.6 is 0 Å². The molecule has 0 saturated carbocycles. The Labute approximate surface area is 141 Å². The van der Waals surface area contributed by atoms with Crippen LogP contribution in [-0.4, -0.2) is 88.4 Å². The SMILES string of the molecule is CCNC(=NCCCOCCOC)N(C)CC(=O)N(CC)CC. The maximum atomic E-state index is 12.2. The van der Waals surface area contributed by atoms with Gasteiger partial charge in [-0.1, -0.05) is 0 Å². The van der Waals surface area contributed by atoms with Gasteiger partial charge in [0.15, 0.2) is 5.96 Å². The molecule has 0 aromatic carbocycles. The molecule has 0 saturated heterocycles. The Kier molecular flexibility index (Phi) is 13.4. The predicted molar refractivity (Wildman–Crippen MR) is 93.8 cm³/mol. The van der Waals surface area contributed by atoms with Crippen LogP contribution in [0.15, 0.2) is 4.99 Å². The van der Waals surface area contributed by atoms with Crippen LogP contribution in [0.5, 0.6) is 0 Å². The fraction of sp³-hybridized carbons (Fsp3) is 0.875. The number of nitrogens with zero attached hydrogens (tertiary/aromatic N) is 3. The Balaban J connectivity index is 4.29. The highest BCUT2D eigenvalue weighted by Gasteiger charge is 2.14. The van der Waals surface area contributed by atoms with Gasteiger partial charge in [0.2, 0.25) is 5.91 Å². The number of ether oxygens (including phenoxy) is 2. The average Bonchev–Trinajstić information content (AvgIpc) is 2.54. The molecule has 0 unspecified atom stereocenters. The van der Waals surface area contributed by atoms with E-state index in [1.54, 1.807) is 7.11 Å². The number of hydrogen-bond donors (Lipinski definition) is 1. The Hall–Kier alpha value is -1.34. The Morgan fingerprint density at radius 3 is 2.39 bits per heavy atom. The Morgan fingerprint density at radius 2 is 1.83 bits per heavy atom. The highest BCUT2D eigenvalue weighted by molar-refractivity contribution is 5.86. The van der Waals surface area contributed by atoms with E-state index in [4.69, 9.17) is 9.47 Å². The number of carbonyl (C=O) groups is 1. The van der Waals surface area contributed by atoms with E-state index >= 15 is 0 Å². The van der Waals surface area contributed by atoms with E-state index in [0.717, 1.165) is 32.0 Å². The molecule has 136 valence electrons. The Bertz CT molecular complexity index is 333. The third-order valence-electron chi connectivity index (χ3n) is 3.33. The molecule has 0 atom stereocenters. The van der Waals surface area contributed by atoms with Crippen molar-refractivity contribution in [3.8, 4) is 0 Å². The molecule has 7 nitrogen and oxygen atoms in total. The summed E-state index contributed by atoms with van der Waals surface area (Å²) in [6.45, 7) is 11.1. The minimum atomic E-state index is 0.117. The summed E-state index contributed by atoms with van der Waals surface area (Å²) in [6, 6.07) is 0. The number of amides is 1. The number of nitrogens with one attached hydrogen (secondary N) is 1. The van der Waals surface area contributed by atoms with Gasteiger partial charge in [-0.05, 0) is 27.2 Å². The second-order valence-electron chi connectivity index (χ2n) is 5.12. The van der Waals surface area contributed by atoms with Gasteiger partial charge in [-0.3, -0.25) is 9.79 Å². The van der Waals surface area contributed by atoms with E-state index in [0.29, 0.717) is 32.9 Å². The van der Waals surface area contributed by atoms with Gasteiger partial charge >= 0.3 is 0 Å². The molecule has 7 heteroatoms. The van der Waals surface area contributed by atoms with Crippen molar-refractivity contribution in [3.63, 3.8) is 0 Å². The summed E-state index contributed by atoms with van der Waals surface area (Å²) < 4.78 is 10.3. The molecule has 0 fully saturated rings. The summed E-state index contributed by atoms with van der Waals surface area (Å²) in [4.78, 5) is 20.4. The van der Waals surface area contributed by atoms with Gasteiger partial charge in [0, 0.05) is 46.9 Å². The maximum Gasteiger partial charge on any atom is 0.242 e. The number of carbonyl (C=O) groups excluding carboxylic acids is 1. The van der Waals surface area contributed by atoms with Crippen molar-refractivity contribution < 1.29 is 14.3 Å². The molecule has 1 N–H and O–H groups in total. The van der Waals surface area contributed by atoms with E-state index < -0.39 is 0 Å². The minimum absolute atomic E-state index is 0.117. The topological polar surface area (TPSA) is 66.4 Å². The first-order valence-electron chi connectivity index (χ1n) is 8.44. The monoisotopic (exact) mass is 330 g/mol. The number of guanidine groups is 1. The van der Waals surface area contributed by atoms with Gasteiger partial charge in [0.05, 0.1) is 19.8 Å². The van der Waals surface area contributed by atoms with Crippen molar-refractivity contribution >= 4 is 11.9 Å². The quantitative estimate of drug-likeness (QED) is 0.326. The van der Waals surface area contributed by atoms with Crippen LogP contribution in [0.4, 0.5) is 0 Å². The molecule has 1 amide bonds. The summed E-state index contributed by atoms with van der Waals surface area (Å²) in [6.07, 6.45) is 0.844. The van der Waals surface area contributed by atoms with E-state index in [9.17, 15) is 4.79 Å². The normalized spacial score (nSPS) is 11.4. The van der Waals surface area contributed by atoms with Gasteiger partial charge in [0.25, 0.3) is 0 Å². The minimum Gasteiger partial charge on any atom is -0.382 e. The second-order valence-corrected chi connectivity index (χ2v) is 5.12. The van der Waals surface area contributed by atoms with Crippen LogP contribution in [0, 0.1) is 0 Å². The fourth-order valence-electron chi connectivity index (χ4n) is 2.02. The fourth-order valence-corrected chi connectivity index (χ4v) is 2.02. The molecule has 0 heterocycles. The Morgan fingerprint density at radius 1 is 1.13 bits per heavy atom. The predicted octanol–water partition coefficient (Wildman–Crippen LogP) is 0.805. The molecule has 0 bridgehead atoms. The summed E-state index contributed by atoms with van der Waals surface area (Å²) in [5.41, 5.74) is 0. The standard InChI is InChI=1S/C16H34N4O3/c1-6-17-16(18-10-9-11-23-13-12-22-5)19(4)14-15(21)20(7-2)8-3/h6-14H2,1-5H3,(H,17,18). The summed E-state index contributed by atoms with van der Waals surface area (Å²) in [7, 11) is 3.55. The number of methoxy groups -OCH3 is 1. The van der Waals surface area contributed by atoms with E-state index in [2.05, 4.69) is 10.3 Å². The molecule has 0 aliphatic carbocycles. The van der Waals surface area contributed by atoms with E-state index in [1.165, 1.54) is 0 Å². The molecule has 0 aliphatic heterocycles. The third kappa shape index (κ3) is 10.1. The van der Waals surface area contributed by atoms with Crippen LogP contribution in [0.25, 0.3) is 0 Å². The lowest BCUT2D eigenvalue weighted by Crippen LogP contribution is -2.45. The van der Waals surface area contributed by atoms with Crippen molar-refractivity contribution in [2.75, 3.05) is 66.7 Å². The lowest BCUT2D eigenvalue weighted by Gasteiger charge is -2.25. The second kappa shape index (κ2) is 14.3. The van der Waals surface area contributed by atoms with E-state index in [-0.39, 0.29) is 5.91 Å². The lowest BCUT2D eigenvalue weighted by molar-refractivity contribution is -0.131. The van der Waals surface area contributed by atoms with E-state index in [1.807, 2.05) is 37.6 Å². The van der Waals surface area contributed by atoms with Gasteiger partial charge in [-0.2, -0.15) is 0 Å². The number of likely N-dealkylation sites (N-methyl/N-ethyl adjacent to an activating group) is 2. The first kappa shape index (κ1) is 21.7. The first-order chi connectivity index (χ1) is 11.1.